The van der Waals surface area contributed by atoms with Crippen LogP contribution in [0.1, 0.15) is 19.3 Å². The third kappa shape index (κ3) is 3.09. The van der Waals surface area contributed by atoms with Gasteiger partial charge in [0, 0.05) is 38.9 Å². The van der Waals surface area contributed by atoms with Gasteiger partial charge in [0.25, 0.3) is 0 Å². The summed E-state index contributed by atoms with van der Waals surface area (Å²) in [4.78, 5) is 12.4. The van der Waals surface area contributed by atoms with Crippen LogP contribution in [0.3, 0.4) is 0 Å². The summed E-state index contributed by atoms with van der Waals surface area (Å²) in [6.07, 6.45) is 2.52. The standard InChI is InChI=1S/C11H20N2O3/c14-11(15)13-4-3-12-10(8-13)7-9-1-5-16-6-2-9/h9-10,12H,1-8H2,(H,14,15)/t10-/m0/s1. The molecule has 16 heavy (non-hydrogen) atoms. The Kier molecular flexibility index (Phi) is 4.01. The van der Waals surface area contributed by atoms with Gasteiger partial charge in [-0.2, -0.15) is 0 Å². The van der Waals surface area contributed by atoms with Gasteiger partial charge in [-0.05, 0) is 25.2 Å². The number of carbonyl (C=O) groups is 1. The summed E-state index contributed by atoms with van der Waals surface area (Å²) in [7, 11) is 0. The number of nitrogens with one attached hydrogen (secondary N) is 1. The first-order chi connectivity index (χ1) is 7.75. The van der Waals surface area contributed by atoms with Crippen molar-refractivity contribution in [2.45, 2.75) is 25.3 Å². The maximum absolute atomic E-state index is 10.9. The van der Waals surface area contributed by atoms with Gasteiger partial charge >= 0.3 is 6.09 Å². The summed E-state index contributed by atoms with van der Waals surface area (Å²) in [5.41, 5.74) is 0. The van der Waals surface area contributed by atoms with Gasteiger partial charge in [0.2, 0.25) is 0 Å². The predicted molar refractivity (Wildman–Crippen MR) is 59.5 cm³/mol. The normalized spacial score (nSPS) is 28.0. The minimum atomic E-state index is -0.793. The van der Waals surface area contributed by atoms with E-state index in [4.69, 9.17) is 9.84 Å². The highest BCUT2D eigenvalue weighted by Crippen LogP contribution is 2.21. The SMILES string of the molecule is O=C(O)N1CCN[C@@H](CC2CCOCC2)C1. The minimum absolute atomic E-state index is 0.327. The van der Waals surface area contributed by atoms with Crippen LogP contribution >= 0.6 is 0 Å². The van der Waals surface area contributed by atoms with Gasteiger partial charge < -0.3 is 20.1 Å². The highest BCUT2D eigenvalue weighted by molar-refractivity contribution is 5.65. The first-order valence-electron chi connectivity index (χ1n) is 6.04. The molecule has 5 heteroatoms. The molecule has 0 spiro atoms. The van der Waals surface area contributed by atoms with Gasteiger partial charge in [-0.15, -0.1) is 0 Å². The van der Waals surface area contributed by atoms with Crippen molar-refractivity contribution in [3.8, 4) is 0 Å². The lowest BCUT2D eigenvalue weighted by Gasteiger charge is -2.34. The number of carboxylic acid groups (broad SMARTS) is 1. The lowest BCUT2D eigenvalue weighted by molar-refractivity contribution is 0.0561. The molecule has 92 valence electrons. The smallest absolute Gasteiger partial charge is 0.407 e. The number of ether oxygens (including phenoxy) is 1. The Balaban J connectivity index is 1.78. The summed E-state index contributed by atoms with van der Waals surface area (Å²) < 4.78 is 5.32. The zero-order chi connectivity index (χ0) is 11.4. The summed E-state index contributed by atoms with van der Waals surface area (Å²) in [5.74, 6) is 0.694. The fourth-order valence-corrected chi connectivity index (χ4v) is 2.54. The molecule has 5 nitrogen and oxygen atoms in total. The van der Waals surface area contributed by atoms with E-state index in [9.17, 15) is 4.79 Å². The van der Waals surface area contributed by atoms with Crippen molar-refractivity contribution < 1.29 is 14.6 Å². The van der Waals surface area contributed by atoms with E-state index >= 15 is 0 Å². The van der Waals surface area contributed by atoms with E-state index in [1.165, 1.54) is 4.90 Å². The van der Waals surface area contributed by atoms with E-state index in [0.29, 0.717) is 25.0 Å². The van der Waals surface area contributed by atoms with Crippen LogP contribution in [-0.2, 0) is 4.74 Å². The number of hydrogen-bond donors (Lipinski definition) is 2. The number of nitrogens with zero attached hydrogens (tertiary/aromatic N) is 1. The summed E-state index contributed by atoms with van der Waals surface area (Å²) in [6.45, 7) is 3.74. The molecule has 1 atom stereocenters. The van der Waals surface area contributed by atoms with E-state index in [1.54, 1.807) is 0 Å². The number of rotatable bonds is 2. The van der Waals surface area contributed by atoms with Gasteiger partial charge in [-0.25, -0.2) is 4.79 Å². The molecule has 1 amide bonds. The van der Waals surface area contributed by atoms with Crippen LogP contribution in [0.4, 0.5) is 4.79 Å². The third-order valence-corrected chi connectivity index (χ3v) is 3.48. The molecular weight excluding hydrogens is 208 g/mol. The Hall–Kier alpha value is -0.810. The van der Waals surface area contributed by atoms with E-state index in [-0.39, 0.29) is 0 Å². The molecule has 2 heterocycles. The number of hydrogen-bond acceptors (Lipinski definition) is 3. The zero-order valence-corrected chi connectivity index (χ0v) is 9.52. The summed E-state index contributed by atoms with van der Waals surface area (Å²) in [5, 5.41) is 12.3. The van der Waals surface area contributed by atoms with Gasteiger partial charge in [0.05, 0.1) is 0 Å². The molecule has 0 aromatic carbocycles. The van der Waals surface area contributed by atoms with Crippen molar-refractivity contribution in [1.82, 2.24) is 10.2 Å². The Morgan fingerprint density at radius 3 is 2.88 bits per heavy atom. The first kappa shape index (κ1) is 11.7. The van der Waals surface area contributed by atoms with E-state index in [1.807, 2.05) is 0 Å². The quantitative estimate of drug-likeness (QED) is 0.732. The molecule has 0 aliphatic carbocycles. The summed E-state index contributed by atoms with van der Waals surface area (Å²) in [6, 6.07) is 0.327. The molecule has 0 bridgehead atoms. The van der Waals surface area contributed by atoms with Crippen LogP contribution in [0, 0.1) is 5.92 Å². The van der Waals surface area contributed by atoms with Crippen LogP contribution in [0.2, 0.25) is 0 Å². The van der Waals surface area contributed by atoms with Crippen molar-refractivity contribution in [1.29, 1.82) is 0 Å². The first-order valence-corrected chi connectivity index (χ1v) is 6.04. The zero-order valence-electron chi connectivity index (χ0n) is 9.52. The molecule has 2 aliphatic rings. The maximum atomic E-state index is 10.9. The molecule has 2 rings (SSSR count). The summed E-state index contributed by atoms with van der Waals surface area (Å²) >= 11 is 0. The van der Waals surface area contributed by atoms with Crippen molar-refractivity contribution in [3.05, 3.63) is 0 Å². The lowest BCUT2D eigenvalue weighted by atomic mass is 9.92. The minimum Gasteiger partial charge on any atom is -0.465 e. The number of piperazine rings is 1. The Bertz CT molecular complexity index is 241. The second kappa shape index (κ2) is 5.50. The van der Waals surface area contributed by atoms with Crippen molar-refractivity contribution in [3.63, 3.8) is 0 Å². The van der Waals surface area contributed by atoms with Crippen molar-refractivity contribution in [2.75, 3.05) is 32.8 Å². The largest absolute Gasteiger partial charge is 0.465 e. The van der Waals surface area contributed by atoms with Gasteiger partial charge in [0.15, 0.2) is 0 Å². The Labute approximate surface area is 95.8 Å². The molecule has 2 N–H and O–H groups in total. The Morgan fingerprint density at radius 1 is 1.44 bits per heavy atom. The van der Waals surface area contributed by atoms with Gasteiger partial charge in [-0.3, -0.25) is 0 Å². The van der Waals surface area contributed by atoms with E-state index < -0.39 is 6.09 Å². The van der Waals surface area contributed by atoms with Crippen LogP contribution in [0.25, 0.3) is 0 Å². The maximum Gasteiger partial charge on any atom is 0.407 e. The van der Waals surface area contributed by atoms with Crippen LogP contribution in [0.15, 0.2) is 0 Å². The van der Waals surface area contributed by atoms with Crippen LogP contribution in [0.5, 0.6) is 0 Å². The molecule has 0 aromatic rings. The monoisotopic (exact) mass is 228 g/mol. The van der Waals surface area contributed by atoms with Crippen molar-refractivity contribution in [2.24, 2.45) is 5.92 Å². The predicted octanol–water partition coefficient (Wildman–Crippen LogP) is 0.755. The molecule has 0 radical (unpaired) electrons. The Morgan fingerprint density at radius 2 is 2.19 bits per heavy atom. The molecule has 0 saturated carbocycles. The molecule has 0 unspecified atom stereocenters. The average Bonchev–Trinajstić information content (AvgIpc) is 2.30. The van der Waals surface area contributed by atoms with Gasteiger partial charge in [-0.1, -0.05) is 0 Å². The number of amides is 1. The molecule has 0 aromatic heterocycles. The third-order valence-electron chi connectivity index (χ3n) is 3.48. The average molecular weight is 228 g/mol. The topological polar surface area (TPSA) is 61.8 Å². The fraction of sp³-hybridized carbons (Fsp3) is 0.909. The highest BCUT2D eigenvalue weighted by atomic mass is 16.5. The highest BCUT2D eigenvalue weighted by Gasteiger charge is 2.25. The van der Waals surface area contributed by atoms with Crippen molar-refractivity contribution >= 4 is 6.09 Å². The molecule has 2 saturated heterocycles. The lowest BCUT2D eigenvalue weighted by Crippen LogP contribution is -2.52. The van der Waals surface area contributed by atoms with Gasteiger partial charge in [0.1, 0.15) is 0 Å². The van der Waals surface area contributed by atoms with E-state index in [0.717, 1.165) is 39.0 Å². The molecular formula is C11H20N2O3. The van der Waals surface area contributed by atoms with Crippen LogP contribution < -0.4 is 5.32 Å². The van der Waals surface area contributed by atoms with E-state index in [2.05, 4.69) is 5.32 Å². The van der Waals surface area contributed by atoms with Crippen LogP contribution in [-0.4, -0.2) is 55.0 Å². The molecule has 2 aliphatic heterocycles. The second-order valence-corrected chi connectivity index (χ2v) is 4.67. The second-order valence-electron chi connectivity index (χ2n) is 4.67. The molecule has 2 fully saturated rings. The fourth-order valence-electron chi connectivity index (χ4n) is 2.54.